The normalized spacial score (nSPS) is 28.2. The van der Waals surface area contributed by atoms with Gasteiger partial charge in [0.15, 0.2) is 0 Å². The predicted molar refractivity (Wildman–Crippen MR) is 82.7 cm³/mol. The molecule has 1 heteroatoms. The summed E-state index contributed by atoms with van der Waals surface area (Å²) < 4.78 is 3.69. The molecule has 0 N–H and O–H groups in total. The molecule has 0 saturated heterocycles. The molecule has 0 aromatic rings. The minimum Gasteiger partial charge on any atom is -1.00 e. The summed E-state index contributed by atoms with van der Waals surface area (Å²) in [7, 11) is 0. The third-order valence-electron chi connectivity index (χ3n) is 5.55. The largest absolute Gasteiger partial charge is 1.00 e. The van der Waals surface area contributed by atoms with E-state index in [4.69, 9.17) is 0 Å². The molecule has 2 aliphatic carbocycles. The van der Waals surface area contributed by atoms with E-state index in [-0.39, 0.29) is 2.85 Å². The Morgan fingerprint density at radius 2 is 0.947 bits per heavy atom. The molecule has 0 heterocycles. The van der Waals surface area contributed by atoms with Crippen LogP contribution in [0.15, 0.2) is 40.1 Å². The average Bonchev–Trinajstić information content (AvgIpc) is 2.68. The second-order valence-corrected chi connectivity index (χ2v) is 11.0. The Hall–Kier alpha value is -0.170. The van der Waals surface area contributed by atoms with Crippen molar-refractivity contribution in [3.05, 3.63) is 40.1 Å². The molecular formula is C18H28Hf-2. The molecule has 0 nitrogen and oxygen atoms in total. The number of hydrogen-bond acceptors (Lipinski definition) is 0. The quantitative estimate of drug-likeness (QED) is 0.492. The first kappa shape index (κ1) is 15.2. The Balaban J connectivity index is 0.00000200. The van der Waals surface area contributed by atoms with Crippen molar-refractivity contribution < 1.29 is 25.8 Å². The first-order chi connectivity index (χ1) is 8.77. The maximum absolute atomic E-state index is 2.42. The topological polar surface area (TPSA) is 0 Å². The van der Waals surface area contributed by atoms with E-state index in [2.05, 4.69) is 55.4 Å². The van der Waals surface area contributed by atoms with Crippen LogP contribution in [0.1, 0.15) is 58.2 Å². The van der Waals surface area contributed by atoms with Crippen LogP contribution in [-0.4, -0.2) is 0 Å². The second-order valence-electron chi connectivity index (χ2n) is 6.26. The minimum atomic E-state index is -0.856. The van der Waals surface area contributed by atoms with Gasteiger partial charge in [0.25, 0.3) is 0 Å². The van der Waals surface area contributed by atoms with Crippen molar-refractivity contribution in [2.45, 2.75) is 55.4 Å². The van der Waals surface area contributed by atoms with Gasteiger partial charge >= 0.3 is 130 Å². The maximum atomic E-state index is 2.42. The molecule has 2 unspecified atom stereocenters. The van der Waals surface area contributed by atoms with Crippen molar-refractivity contribution in [3.63, 3.8) is 0 Å². The first-order valence-corrected chi connectivity index (χ1v) is 10.9. The summed E-state index contributed by atoms with van der Waals surface area (Å²) in [6, 6.07) is 0. The smallest absolute Gasteiger partial charge is 1.00 e. The van der Waals surface area contributed by atoms with Gasteiger partial charge in [-0.3, -0.25) is 0 Å². The SMILES string of the molecule is CC1=C(C)C(C)[C]([Hf][C]2=C(C)C(C)=C(C)C2C)=C1C.[H-].[H-]. The Kier molecular flexibility index (Phi) is 4.26. The molecule has 0 aromatic carbocycles. The van der Waals surface area contributed by atoms with Gasteiger partial charge in [0.1, 0.15) is 0 Å². The summed E-state index contributed by atoms with van der Waals surface area (Å²) >= 11 is -0.856. The van der Waals surface area contributed by atoms with E-state index < -0.39 is 22.9 Å². The zero-order valence-electron chi connectivity index (χ0n) is 15.7. The molecule has 0 saturated carbocycles. The van der Waals surface area contributed by atoms with Crippen LogP contribution in [0.5, 0.6) is 0 Å². The van der Waals surface area contributed by atoms with Crippen LogP contribution in [0.3, 0.4) is 0 Å². The van der Waals surface area contributed by atoms with Crippen LogP contribution < -0.4 is 0 Å². The van der Waals surface area contributed by atoms with Crippen LogP contribution in [0, 0.1) is 11.8 Å². The Morgan fingerprint density at radius 1 is 0.632 bits per heavy atom. The fourth-order valence-corrected chi connectivity index (χ4v) is 10.1. The summed E-state index contributed by atoms with van der Waals surface area (Å²) in [4.78, 5) is 0. The molecule has 0 aliphatic heterocycles. The molecule has 19 heavy (non-hydrogen) atoms. The van der Waals surface area contributed by atoms with E-state index in [0.29, 0.717) is 0 Å². The molecule has 0 radical (unpaired) electrons. The predicted octanol–water partition coefficient (Wildman–Crippen LogP) is 5.81. The average molecular weight is 423 g/mol. The van der Waals surface area contributed by atoms with Gasteiger partial charge in [-0.15, -0.1) is 0 Å². The summed E-state index contributed by atoms with van der Waals surface area (Å²) in [6.45, 7) is 18.8. The van der Waals surface area contributed by atoms with Crippen LogP contribution in [0.4, 0.5) is 0 Å². The molecule has 0 bridgehead atoms. The van der Waals surface area contributed by atoms with Crippen molar-refractivity contribution in [2.75, 3.05) is 0 Å². The Labute approximate surface area is 133 Å². The van der Waals surface area contributed by atoms with Gasteiger partial charge in [-0.1, -0.05) is 0 Å². The van der Waals surface area contributed by atoms with Gasteiger partial charge in [-0.05, 0) is 0 Å². The minimum absolute atomic E-state index is 0. The molecule has 2 rings (SSSR count). The molecular weight excluding hydrogens is 395 g/mol. The number of rotatable bonds is 2. The third-order valence-corrected chi connectivity index (χ3v) is 13.3. The molecule has 0 aromatic heterocycles. The van der Waals surface area contributed by atoms with Crippen molar-refractivity contribution in [1.29, 1.82) is 0 Å². The molecule has 106 valence electrons. The number of allylic oxidation sites excluding steroid dienone is 8. The van der Waals surface area contributed by atoms with Crippen LogP contribution >= 0.6 is 0 Å². The van der Waals surface area contributed by atoms with Crippen molar-refractivity contribution >= 4 is 0 Å². The zero-order valence-corrected chi connectivity index (χ0v) is 17.2. The van der Waals surface area contributed by atoms with E-state index in [1.807, 2.05) is 6.66 Å². The Morgan fingerprint density at radius 3 is 1.16 bits per heavy atom. The fourth-order valence-electron chi connectivity index (χ4n) is 3.28. The van der Waals surface area contributed by atoms with Gasteiger partial charge in [-0.25, -0.2) is 0 Å². The van der Waals surface area contributed by atoms with Gasteiger partial charge in [0.05, 0.1) is 0 Å². The third kappa shape index (κ3) is 2.33. The molecule has 0 fully saturated rings. The van der Waals surface area contributed by atoms with Gasteiger partial charge in [-0.2, -0.15) is 0 Å². The molecule has 2 atom stereocenters. The summed E-state index contributed by atoms with van der Waals surface area (Å²) in [5, 5.41) is 0. The van der Waals surface area contributed by atoms with Gasteiger partial charge in [0.2, 0.25) is 0 Å². The van der Waals surface area contributed by atoms with E-state index in [9.17, 15) is 0 Å². The monoisotopic (exact) mass is 424 g/mol. The fraction of sp³-hybridized carbons (Fsp3) is 0.556. The summed E-state index contributed by atoms with van der Waals surface area (Å²) in [5.41, 5.74) is 9.63. The van der Waals surface area contributed by atoms with Gasteiger partial charge < -0.3 is 2.85 Å². The van der Waals surface area contributed by atoms with Gasteiger partial charge in [0, 0.05) is 0 Å². The zero-order chi connectivity index (χ0) is 14.5. The van der Waals surface area contributed by atoms with E-state index in [1.165, 1.54) is 0 Å². The standard InChI is InChI=1S/2C9H13.Hf.2H/c2*1-6-5-7(2)9(4)8(6)3;;;/h2*6H,1-4H3;;;/q;;;2*-1. The van der Waals surface area contributed by atoms with E-state index in [1.54, 1.807) is 33.4 Å². The maximum Gasteiger partial charge on any atom is -1.00 e. The summed E-state index contributed by atoms with van der Waals surface area (Å²) in [5.74, 6) is 1.44. The van der Waals surface area contributed by atoms with Crippen LogP contribution in [0.2, 0.25) is 0 Å². The van der Waals surface area contributed by atoms with E-state index in [0.717, 1.165) is 11.8 Å². The Bertz CT molecular complexity index is 512. The van der Waals surface area contributed by atoms with Crippen molar-refractivity contribution in [2.24, 2.45) is 11.8 Å². The van der Waals surface area contributed by atoms with Crippen molar-refractivity contribution in [3.8, 4) is 0 Å². The molecule has 0 spiro atoms. The van der Waals surface area contributed by atoms with Crippen LogP contribution in [0.25, 0.3) is 0 Å². The molecule has 0 amide bonds. The van der Waals surface area contributed by atoms with Crippen LogP contribution in [-0.2, 0) is 22.9 Å². The van der Waals surface area contributed by atoms with E-state index >= 15 is 0 Å². The second kappa shape index (κ2) is 5.31. The first-order valence-electron chi connectivity index (χ1n) is 7.31. The molecule has 2 aliphatic rings. The summed E-state index contributed by atoms with van der Waals surface area (Å²) in [6.07, 6.45) is 0. The van der Waals surface area contributed by atoms with Crippen molar-refractivity contribution in [1.82, 2.24) is 0 Å². The number of hydrogen-bond donors (Lipinski definition) is 0.